The maximum Gasteiger partial charge on any atom is 0.406 e. The average molecular weight is 530 g/mol. The number of ether oxygens (including phenoxy) is 1. The van der Waals surface area contributed by atoms with E-state index in [-0.39, 0.29) is 17.8 Å². The number of hydrogen-bond acceptors (Lipinski definition) is 7. The number of benzene rings is 2. The van der Waals surface area contributed by atoms with Crippen molar-refractivity contribution in [3.63, 3.8) is 0 Å². The van der Waals surface area contributed by atoms with Crippen LogP contribution in [0.15, 0.2) is 53.5 Å². The van der Waals surface area contributed by atoms with Crippen LogP contribution in [0.4, 0.5) is 24.5 Å². The highest BCUT2D eigenvalue weighted by Crippen LogP contribution is 2.32. The summed E-state index contributed by atoms with van der Waals surface area (Å²) in [5.74, 6) is 1.12. The molecule has 9 nitrogen and oxygen atoms in total. The zero-order valence-corrected chi connectivity index (χ0v) is 21.7. The van der Waals surface area contributed by atoms with E-state index in [0.717, 1.165) is 24.3 Å². The largest absolute Gasteiger partial charge is 0.496 e. The Morgan fingerprint density at radius 3 is 2.42 bits per heavy atom. The van der Waals surface area contributed by atoms with Crippen molar-refractivity contribution in [2.24, 2.45) is 0 Å². The number of likely N-dealkylation sites (N-methyl/N-ethyl adjacent to an activating group) is 2. The van der Waals surface area contributed by atoms with Crippen LogP contribution >= 0.6 is 0 Å². The van der Waals surface area contributed by atoms with Crippen molar-refractivity contribution in [2.75, 3.05) is 52.0 Å². The Morgan fingerprint density at radius 1 is 1.05 bits per heavy atom. The summed E-state index contributed by atoms with van der Waals surface area (Å²) in [5, 5.41) is 0. The number of para-hydroxylation sites is 2. The summed E-state index contributed by atoms with van der Waals surface area (Å²) in [7, 11) is 7.51. The van der Waals surface area contributed by atoms with E-state index in [2.05, 4.69) is 14.9 Å². The highest BCUT2D eigenvalue weighted by molar-refractivity contribution is 5.77. The zero-order valence-electron chi connectivity index (χ0n) is 21.7. The van der Waals surface area contributed by atoms with Gasteiger partial charge in [-0.1, -0.05) is 12.1 Å². The molecule has 0 fully saturated rings. The lowest BCUT2D eigenvalue weighted by Crippen LogP contribution is -2.29. The zero-order chi connectivity index (χ0) is 27.6. The molecule has 0 saturated heterocycles. The molecule has 0 radical (unpaired) electrons. The van der Waals surface area contributed by atoms with E-state index in [1.807, 2.05) is 32.1 Å². The van der Waals surface area contributed by atoms with Crippen molar-refractivity contribution >= 4 is 22.4 Å². The molecule has 2 aromatic carbocycles. The number of aromatic nitrogens is 4. The molecule has 12 heteroatoms. The molecule has 38 heavy (non-hydrogen) atoms. The first-order valence-corrected chi connectivity index (χ1v) is 11.9. The van der Waals surface area contributed by atoms with E-state index in [1.165, 1.54) is 22.9 Å². The van der Waals surface area contributed by atoms with Crippen LogP contribution in [-0.4, -0.2) is 71.5 Å². The molecular formula is C26H30F3N7O2. The third kappa shape index (κ3) is 5.75. The lowest BCUT2D eigenvalue weighted by atomic mass is 10.1. The third-order valence-corrected chi connectivity index (χ3v) is 6.17. The molecule has 0 atom stereocenters. The van der Waals surface area contributed by atoms with Crippen molar-refractivity contribution in [1.82, 2.24) is 24.0 Å². The minimum absolute atomic E-state index is 0.165. The number of imidazole rings is 1. The van der Waals surface area contributed by atoms with Crippen LogP contribution in [0.2, 0.25) is 0 Å². The Hall–Kier alpha value is -4.06. The number of rotatable bonds is 9. The van der Waals surface area contributed by atoms with Crippen LogP contribution in [0.25, 0.3) is 16.9 Å². The van der Waals surface area contributed by atoms with Gasteiger partial charge >= 0.3 is 11.9 Å². The summed E-state index contributed by atoms with van der Waals surface area (Å²) in [6, 6.07) is 11.5. The lowest BCUT2D eigenvalue weighted by Gasteiger charge is -2.24. The predicted octanol–water partition coefficient (Wildman–Crippen LogP) is 3.32. The highest BCUT2D eigenvalue weighted by atomic mass is 19.4. The molecule has 4 rings (SSSR count). The fraction of sp³-hybridized carbons (Fsp3) is 0.346. The van der Waals surface area contributed by atoms with Crippen LogP contribution in [0.3, 0.4) is 0 Å². The summed E-state index contributed by atoms with van der Waals surface area (Å²) in [5.41, 5.74) is 8.14. The van der Waals surface area contributed by atoms with Gasteiger partial charge < -0.3 is 20.3 Å². The van der Waals surface area contributed by atoms with E-state index in [1.54, 1.807) is 31.4 Å². The molecule has 0 unspecified atom stereocenters. The van der Waals surface area contributed by atoms with Gasteiger partial charge in [0.2, 0.25) is 0 Å². The molecular weight excluding hydrogens is 499 g/mol. The van der Waals surface area contributed by atoms with Gasteiger partial charge in [0.05, 0.1) is 29.5 Å². The van der Waals surface area contributed by atoms with Gasteiger partial charge in [-0.3, -0.25) is 4.57 Å². The molecule has 0 saturated carbocycles. The average Bonchev–Trinajstić information content (AvgIpc) is 3.12. The van der Waals surface area contributed by atoms with Crippen LogP contribution in [0, 0.1) is 0 Å². The summed E-state index contributed by atoms with van der Waals surface area (Å²) in [4.78, 5) is 26.1. The Bertz CT molecular complexity index is 1490. The van der Waals surface area contributed by atoms with Crippen LogP contribution in [0.5, 0.6) is 5.75 Å². The number of methoxy groups -OCH3 is 1. The van der Waals surface area contributed by atoms with E-state index < -0.39 is 18.4 Å². The minimum atomic E-state index is -4.56. The molecule has 2 N–H and O–H groups in total. The maximum atomic E-state index is 13.2. The van der Waals surface area contributed by atoms with Gasteiger partial charge in [0.25, 0.3) is 0 Å². The molecule has 0 bridgehead atoms. The predicted molar refractivity (Wildman–Crippen MR) is 141 cm³/mol. The number of nitrogens with two attached hydrogens (primary N) is 1. The summed E-state index contributed by atoms with van der Waals surface area (Å²) >= 11 is 0. The number of anilines is 2. The number of alkyl halides is 3. The third-order valence-electron chi connectivity index (χ3n) is 6.17. The summed E-state index contributed by atoms with van der Waals surface area (Å²) in [6.07, 6.45) is -2.85. The van der Waals surface area contributed by atoms with Crippen molar-refractivity contribution < 1.29 is 17.9 Å². The SMILES string of the molecule is COc1cc(N(C)CCN(C)C)c(N)cc1Cc1nccc(-n2c(=O)n(CC(F)(F)F)c3ccccc32)n1. The molecule has 0 spiro atoms. The van der Waals surface area contributed by atoms with Crippen LogP contribution < -0.4 is 21.1 Å². The summed E-state index contributed by atoms with van der Waals surface area (Å²) < 4.78 is 47.1. The second kappa shape index (κ2) is 10.7. The summed E-state index contributed by atoms with van der Waals surface area (Å²) in [6.45, 7) is 0.212. The topological polar surface area (TPSA) is 94.4 Å². The van der Waals surface area contributed by atoms with Crippen molar-refractivity contribution in [1.29, 1.82) is 0 Å². The van der Waals surface area contributed by atoms with Gasteiger partial charge in [-0.2, -0.15) is 13.2 Å². The monoisotopic (exact) mass is 529 g/mol. The number of nitrogens with zero attached hydrogens (tertiary/aromatic N) is 6. The van der Waals surface area contributed by atoms with Crippen molar-refractivity contribution in [3.8, 4) is 11.6 Å². The molecule has 4 aromatic rings. The first-order valence-electron chi connectivity index (χ1n) is 11.9. The Balaban J connectivity index is 1.70. The van der Waals surface area contributed by atoms with E-state index in [4.69, 9.17) is 10.5 Å². The fourth-order valence-corrected chi connectivity index (χ4v) is 4.29. The fourth-order valence-electron chi connectivity index (χ4n) is 4.29. The molecule has 0 aliphatic heterocycles. The Kier molecular flexibility index (Phi) is 7.63. The Morgan fingerprint density at radius 2 is 1.76 bits per heavy atom. The standard InChI is InChI=1S/C26H30F3N7O2/c1-33(2)11-12-34(3)21-15-22(38-4)17(13-18(21)30)14-23-31-10-9-24(32-23)36-20-8-6-5-7-19(20)35(25(36)37)16-26(27,28)29/h5-10,13,15H,11-12,14,16,30H2,1-4H3. The van der Waals surface area contributed by atoms with Crippen LogP contribution in [0.1, 0.15) is 11.4 Å². The molecule has 0 aliphatic rings. The van der Waals surface area contributed by atoms with Gasteiger partial charge in [0, 0.05) is 44.4 Å². The highest BCUT2D eigenvalue weighted by Gasteiger charge is 2.31. The van der Waals surface area contributed by atoms with E-state index in [9.17, 15) is 18.0 Å². The normalized spacial score (nSPS) is 11.9. The minimum Gasteiger partial charge on any atom is -0.496 e. The van der Waals surface area contributed by atoms with Gasteiger partial charge in [0.15, 0.2) is 0 Å². The van der Waals surface area contributed by atoms with Gasteiger partial charge in [-0.25, -0.2) is 19.3 Å². The second-order valence-corrected chi connectivity index (χ2v) is 9.26. The van der Waals surface area contributed by atoms with Crippen molar-refractivity contribution in [2.45, 2.75) is 19.1 Å². The number of nitrogen functional groups attached to an aromatic ring is 1. The molecule has 202 valence electrons. The van der Waals surface area contributed by atoms with Crippen LogP contribution in [-0.2, 0) is 13.0 Å². The molecule has 0 amide bonds. The molecule has 2 aromatic heterocycles. The van der Waals surface area contributed by atoms with Gasteiger partial charge in [0.1, 0.15) is 23.9 Å². The quantitative estimate of drug-likeness (QED) is 0.333. The first-order chi connectivity index (χ1) is 18.0. The molecule has 2 heterocycles. The number of halogens is 3. The number of fused-ring (bicyclic) bond motifs is 1. The smallest absolute Gasteiger partial charge is 0.406 e. The van der Waals surface area contributed by atoms with Gasteiger partial charge in [-0.05, 0) is 38.4 Å². The Labute approximate surface area is 217 Å². The lowest BCUT2D eigenvalue weighted by molar-refractivity contribution is -0.140. The second-order valence-electron chi connectivity index (χ2n) is 9.26. The van der Waals surface area contributed by atoms with E-state index in [0.29, 0.717) is 27.3 Å². The first kappa shape index (κ1) is 27.0. The van der Waals surface area contributed by atoms with Crippen molar-refractivity contribution in [3.05, 3.63) is 70.5 Å². The molecule has 0 aliphatic carbocycles. The van der Waals surface area contributed by atoms with E-state index >= 15 is 0 Å². The maximum absolute atomic E-state index is 13.2. The van der Waals surface area contributed by atoms with Gasteiger partial charge in [-0.15, -0.1) is 0 Å². The number of hydrogen-bond donors (Lipinski definition) is 1.